The van der Waals surface area contributed by atoms with E-state index in [0.717, 1.165) is 5.56 Å². The molecule has 7 nitrogen and oxygen atoms in total. The highest BCUT2D eigenvalue weighted by atomic mass is 16.5. The van der Waals surface area contributed by atoms with Gasteiger partial charge in [0.15, 0.2) is 0 Å². The normalized spacial score (nSPS) is 21.9. The number of nitrogens with zero attached hydrogens (tertiary/aromatic N) is 1. The van der Waals surface area contributed by atoms with Crippen molar-refractivity contribution >= 4 is 17.7 Å². The summed E-state index contributed by atoms with van der Waals surface area (Å²) in [5, 5.41) is 5.64. The maximum absolute atomic E-state index is 12.9. The van der Waals surface area contributed by atoms with Gasteiger partial charge in [-0.15, -0.1) is 0 Å². The third kappa shape index (κ3) is 5.03. The Hall–Kier alpha value is -2.57. The van der Waals surface area contributed by atoms with E-state index in [1.165, 1.54) is 0 Å². The first kappa shape index (κ1) is 21.7. The molecule has 3 amide bonds. The number of aryl methyl sites for hydroxylation is 1. The van der Waals surface area contributed by atoms with E-state index in [1.54, 1.807) is 24.1 Å². The van der Waals surface area contributed by atoms with Gasteiger partial charge in [0.25, 0.3) is 5.91 Å². The van der Waals surface area contributed by atoms with E-state index < -0.39 is 12.1 Å². The first-order valence-electron chi connectivity index (χ1n) is 9.71. The van der Waals surface area contributed by atoms with Crippen LogP contribution < -0.4 is 15.4 Å². The van der Waals surface area contributed by atoms with Gasteiger partial charge in [-0.05, 0) is 36.5 Å². The fourth-order valence-corrected chi connectivity index (χ4v) is 3.09. The largest absolute Gasteiger partial charge is 0.491 e. The number of likely N-dealkylation sites (N-methyl/N-ethyl adjacent to an activating group) is 1. The highest BCUT2D eigenvalue weighted by Crippen LogP contribution is 2.21. The third-order valence-electron chi connectivity index (χ3n) is 4.91. The minimum Gasteiger partial charge on any atom is -0.491 e. The second-order valence-corrected chi connectivity index (χ2v) is 8.03. The second kappa shape index (κ2) is 9.08. The van der Waals surface area contributed by atoms with Crippen LogP contribution in [0.5, 0.6) is 5.75 Å². The molecular weight excluding hydrogens is 358 g/mol. The van der Waals surface area contributed by atoms with E-state index in [4.69, 9.17) is 4.74 Å². The standard InChI is InChI=1S/C21H31N3O4/c1-12(2)17-20(26)23-18(13(3)4)21(27)24(6)9-10-28-16-11-14(5)7-8-15(16)19(25)22-17/h7-8,11-13,17-18H,9-10H2,1-6H3,(H,22,25)(H,23,26)/t17-,18-/m1/s1. The van der Waals surface area contributed by atoms with Gasteiger partial charge in [0.05, 0.1) is 12.1 Å². The number of ether oxygens (including phenoxy) is 1. The maximum Gasteiger partial charge on any atom is 0.255 e. The molecule has 0 fully saturated rings. The average Bonchev–Trinajstić information content (AvgIpc) is 2.62. The van der Waals surface area contributed by atoms with Gasteiger partial charge in [0, 0.05) is 7.05 Å². The van der Waals surface area contributed by atoms with Crippen LogP contribution in [0.4, 0.5) is 0 Å². The molecule has 0 saturated heterocycles. The highest BCUT2D eigenvalue weighted by molar-refractivity contribution is 6.00. The fourth-order valence-electron chi connectivity index (χ4n) is 3.09. The number of amides is 3. The molecule has 1 aromatic carbocycles. The fraction of sp³-hybridized carbons (Fsp3) is 0.571. The number of carbonyl (C=O) groups is 3. The molecule has 1 aliphatic rings. The lowest BCUT2D eigenvalue weighted by atomic mass is 9.99. The van der Waals surface area contributed by atoms with Crippen molar-refractivity contribution in [1.82, 2.24) is 15.5 Å². The second-order valence-electron chi connectivity index (χ2n) is 8.03. The number of hydrogen-bond donors (Lipinski definition) is 2. The maximum atomic E-state index is 12.9. The molecule has 1 aliphatic heterocycles. The van der Waals surface area contributed by atoms with Crippen LogP contribution >= 0.6 is 0 Å². The lowest BCUT2D eigenvalue weighted by molar-refractivity contribution is -0.137. The molecule has 0 spiro atoms. The highest BCUT2D eigenvalue weighted by Gasteiger charge is 2.32. The van der Waals surface area contributed by atoms with E-state index in [9.17, 15) is 14.4 Å². The Morgan fingerprint density at radius 2 is 1.68 bits per heavy atom. The Balaban J connectivity index is 2.44. The van der Waals surface area contributed by atoms with Crippen molar-refractivity contribution in [3.8, 4) is 5.75 Å². The summed E-state index contributed by atoms with van der Waals surface area (Å²) in [6, 6.07) is 3.88. The predicted molar refractivity (Wildman–Crippen MR) is 107 cm³/mol. The van der Waals surface area contributed by atoms with Gasteiger partial charge < -0.3 is 20.3 Å². The number of benzene rings is 1. The van der Waals surface area contributed by atoms with Gasteiger partial charge in [-0.1, -0.05) is 33.8 Å². The van der Waals surface area contributed by atoms with Gasteiger partial charge in [-0.25, -0.2) is 0 Å². The smallest absolute Gasteiger partial charge is 0.255 e. The molecule has 0 radical (unpaired) electrons. The van der Waals surface area contributed by atoms with E-state index >= 15 is 0 Å². The zero-order valence-electron chi connectivity index (χ0n) is 17.5. The summed E-state index contributed by atoms with van der Waals surface area (Å²) in [6.45, 7) is 9.98. The Kier molecular flexibility index (Phi) is 7.05. The molecule has 0 aromatic heterocycles. The average molecular weight is 389 g/mol. The Morgan fingerprint density at radius 3 is 2.29 bits per heavy atom. The van der Waals surface area contributed by atoms with Crippen molar-refractivity contribution in [1.29, 1.82) is 0 Å². The summed E-state index contributed by atoms with van der Waals surface area (Å²) >= 11 is 0. The Labute approximate surface area is 166 Å². The topological polar surface area (TPSA) is 87.7 Å². The van der Waals surface area contributed by atoms with Gasteiger partial charge in [-0.3, -0.25) is 14.4 Å². The van der Waals surface area contributed by atoms with Crippen molar-refractivity contribution in [3.05, 3.63) is 29.3 Å². The van der Waals surface area contributed by atoms with Crippen molar-refractivity contribution in [2.24, 2.45) is 11.8 Å². The number of rotatable bonds is 2. The summed E-state index contributed by atoms with van der Waals surface area (Å²) in [4.78, 5) is 40.2. The van der Waals surface area contributed by atoms with Crippen LogP contribution in [0.3, 0.4) is 0 Å². The quantitative estimate of drug-likeness (QED) is 0.807. The summed E-state index contributed by atoms with van der Waals surface area (Å²) in [5.74, 6) is -0.704. The van der Waals surface area contributed by atoms with Crippen LogP contribution in [0.2, 0.25) is 0 Å². The molecule has 2 atom stereocenters. The summed E-state index contributed by atoms with van der Waals surface area (Å²) in [5.41, 5.74) is 1.33. The van der Waals surface area contributed by atoms with Crippen molar-refractivity contribution in [3.63, 3.8) is 0 Å². The summed E-state index contributed by atoms with van der Waals surface area (Å²) in [7, 11) is 1.69. The third-order valence-corrected chi connectivity index (χ3v) is 4.91. The monoisotopic (exact) mass is 389 g/mol. The molecule has 0 unspecified atom stereocenters. The number of carbonyl (C=O) groups excluding carboxylic acids is 3. The zero-order chi connectivity index (χ0) is 21.0. The minimum atomic E-state index is -0.762. The Bertz CT molecular complexity index is 745. The molecule has 1 heterocycles. The first-order chi connectivity index (χ1) is 13.1. The molecule has 28 heavy (non-hydrogen) atoms. The SMILES string of the molecule is Cc1ccc2c(c1)OCCN(C)C(=O)[C@@H](C(C)C)NC(=O)[C@@H](C(C)C)NC2=O. The first-order valence-corrected chi connectivity index (χ1v) is 9.71. The zero-order valence-corrected chi connectivity index (χ0v) is 17.5. The molecule has 0 saturated carbocycles. The van der Waals surface area contributed by atoms with Crippen LogP contribution in [-0.4, -0.2) is 54.9 Å². The van der Waals surface area contributed by atoms with Gasteiger partial charge in [0.1, 0.15) is 24.4 Å². The van der Waals surface area contributed by atoms with E-state index in [1.807, 2.05) is 40.7 Å². The molecular formula is C21H31N3O4. The lowest BCUT2D eigenvalue weighted by Crippen LogP contribution is -2.57. The molecule has 0 bridgehead atoms. The molecule has 2 rings (SSSR count). The number of nitrogens with one attached hydrogen (secondary N) is 2. The van der Waals surface area contributed by atoms with Crippen LogP contribution in [0.25, 0.3) is 0 Å². The van der Waals surface area contributed by atoms with E-state index in [2.05, 4.69) is 10.6 Å². The molecule has 0 aliphatic carbocycles. The summed E-state index contributed by atoms with van der Waals surface area (Å²) in [6.07, 6.45) is 0. The predicted octanol–water partition coefficient (Wildman–Crippen LogP) is 1.74. The van der Waals surface area contributed by atoms with Crippen molar-refractivity contribution in [2.75, 3.05) is 20.2 Å². The van der Waals surface area contributed by atoms with E-state index in [0.29, 0.717) is 17.9 Å². The molecule has 7 heteroatoms. The molecule has 1 aromatic rings. The van der Waals surface area contributed by atoms with Gasteiger partial charge in [-0.2, -0.15) is 0 Å². The number of fused-ring (bicyclic) bond motifs is 1. The minimum absolute atomic E-state index is 0.0895. The van der Waals surface area contributed by atoms with Gasteiger partial charge in [0.2, 0.25) is 11.8 Å². The van der Waals surface area contributed by atoms with Gasteiger partial charge >= 0.3 is 0 Å². The van der Waals surface area contributed by atoms with Crippen LogP contribution in [0.1, 0.15) is 43.6 Å². The van der Waals surface area contributed by atoms with Crippen molar-refractivity contribution < 1.29 is 19.1 Å². The molecule has 2 N–H and O–H groups in total. The van der Waals surface area contributed by atoms with Crippen LogP contribution in [0, 0.1) is 18.8 Å². The van der Waals surface area contributed by atoms with E-state index in [-0.39, 0.29) is 36.2 Å². The van der Waals surface area contributed by atoms with Crippen molar-refractivity contribution in [2.45, 2.75) is 46.7 Å². The Morgan fingerprint density at radius 1 is 1.04 bits per heavy atom. The van der Waals surface area contributed by atoms with Crippen LogP contribution in [-0.2, 0) is 9.59 Å². The molecule has 154 valence electrons. The van der Waals surface area contributed by atoms with Crippen LogP contribution in [0.15, 0.2) is 18.2 Å². The number of hydrogen-bond acceptors (Lipinski definition) is 4. The lowest BCUT2D eigenvalue weighted by Gasteiger charge is -2.29. The summed E-state index contributed by atoms with van der Waals surface area (Å²) < 4.78 is 5.83.